The Balaban J connectivity index is 1.62. The lowest BCUT2D eigenvalue weighted by molar-refractivity contribution is 0.0958. The fourth-order valence-corrected chi connectivity index (χ4v) is 4.14. The lowest BCUT2D eigenvalue weighted by Gasteiger charge is -2.18. The first-order chi connectivity index (χ1) is 13.6. The lowest BCUT2D eigenvalue weighted by atomic mass is 10.3. The van der Waals surface area contributed by atoms with Crippen LogP contribution in [-0.4, -0.2) is 34.1 Å². The molecule has 1 aromatic carbocycles. The molecule has 7 nitrogen and oxygen atoms in total. The smallest absolute Gasteiger partial charge is 0.295 e. The maximum Gasteiger partial charge on any atom is 0.295 e. The first kappa shape index (κ1) is 18.7. The molecule has 0 bridgehead atoms. The van der Waals surface area contributed by atoms with E-state index in [1.165, 1.54) is 11.3 Å². The van der Waals surface area contributed by atoms with E-state index < -0.39 is 0 Å². The van der Waals surface area contributed by atoms with Crippen LogP contribution in [0.2, 0.25) is 0 Å². The minimum Gasteiger partial charge on any atom is -0.497 e. The zero-order chi connectivity index (χ0) is 19.5. The van der Waals surface area contributed by atoms with E-state index in [0.717, 1.165) is 28.9 Å². The zero-order valence-corrected chi connectivity index (χ0v) is 17.4. The number of ether oxygens (including phenoxy) is 1. The number of methoxy groups -OCH3 is 1. The van der Waals surface area contributed by atoms with E-state index in [1.54, 1.807) is 36.7 Å². The molecule has 0 aliphatic carbocycles. The van der Waals surface area contributed by atoms with Gasteiger partial charge in [0.25, 0.3) is 5.91 Å². The van der Waals surface area contributed by atoms with Gasteiger partial charge in [-0.05, 0) is 52.7 Å². The largest absolute Gasteiger partial charge is 0.497 e. The molecule has 9 heteroatoms. The topological polar surface area (TPSA) is 73.4 Å². The van der Waals surface area contributed by atoms with Crippen molar-refractivity contribution < 1.29 is 13.9 Å². The minimum absolute atomic E-state index is 0.220. The summed E-state index contributed by atoms with van der Waals surface area (Å²) in [5.74, 6) is 0.810. The number of carbonyl (C=O) groups is 1. The van der Waals surface area contributed by atoms with Gasteiger partial charge in [0.05, 0.1) is 23.7 Å². The van der Waals surface area contributed by atoms with Crippen LogP contribution in [0.25, 0.3) is 10.2 Å². The average Bonchev–Trinajstić information content (AvgIpc) is 3.44. The van der Waals surface area contributed by atoms with E-state index in [2.05, 4.69) is 25.9 Å². The third kappa shape index (κ3) is 3.95. The van der Waals surface area contributed by atoms with Crippen molar-refractivity contribution in [2.75, 3.05) is 18.6 Å². The molecule has 0 spiro atoms. The van der Waals surface area contributed by atoms with Gasteiger partial charge in [-0.3, -0.25) is 9.69 Å². The second kappa shape index (κ2) is 8.15. The number of carbonyl (C=O) groups excluding carboxylic acids is 1. The van der Waals surface area contributed by atoms with Gasteiger partial charge in [0, 0.05) is 25.5 Å². The molecule has 4 aromatic rings. The van der Waals surface area contributed by atoms with Crippen LogP contribution in [0.5, 0.6) is 5.75 Å². The van der Waals surface area contributed by atoms with E-state index in [0.29, 0.717) is 16.3 Å². The van der Waals surface area contributed by atoms with Crippen molar-refractivity contribution in [3.63, 3.8) is 0 Å². The van der Waals surface area contributed by atoms with Crippen molar-refractivity contribution in [3.05, 3.63) is 59.5 Å². The molecule has 0 saturated carbocycles. The molecular weight excluding hydrogens is 444 g/mol. The number of anilines is 1. The molecule has 3 heterocycles. The molecule has 3 aromatic heterocycles. The van der Waals surface area contributed by atoms with Gasteiger partial charge in [-0.2, -0.15) is 0 Å². The Morgan fingerprint density at radius 3 is 2.96 bits per heavy atom. The van der Waals surface area contributed by atoms with Crippen LogP contribution in [0.1, 0.15) is 17.0 Å². The first-order valence-corrected chi connectivity index (χ1v) is 10.2. The van der Waals surface area contributed by atoms with Crippen molar-refractivity contribution in [1.29, 1.82) is 0 Å². The molecule has 0 unspecified atom stereocenters. The molecule has 0 atom stereocenters. The third-order valence-electron chi connectivity index (χ3n) is 4.20. The molecule has 0 radical (unpaired) electrons. The molecule has 4 rings (SSSR count). The van der Waals surface area contributed by atoms with Crippen LogP contribution < -0.4 is 9.64 Å². The summed E-state index contributed by atoms with van der Waals surface area (Å²) in [5, 5.41) is 0.631. The summed E-state index contributed by atoms with van der Waals surface area (Å²) in [4.78, 5) is 23.5. The number of hydrogen-bond acceptors (Lipinski definition) is 6. The number of hydrogen-bond donors (Lipinski definition) is 0. The second-order valence-corrected chi connectivity index (χ2v) is 7.84. The Morgan fingerprint density at radius 1 is 1.36 bits per heavy atom. The first-order valence-electron chi connectivity index (χ1n) is 8.61. The van der Waals surface area contributed by atoms with Crippen molar-refractivity contribution in [3.8, 4) is 5.75 Å². The summed E-state index contributed by atoms with van der Waals surface area (Å²) in [6, 6.07) is 9.05. The Kier molecular flexibility index (Phi) is 5.45. The molecule has 144 valence electrons. The predicted octanol–water partition coefficient (Wildman–Crippen LogP) is 4.59. The maximum atomic E-state index is 13.1. The van der Waals surface area contributed by atoms with E-state index in [4.69, 9.17) is 9.15 Å². The van der Waals surface area contributed by atoms with Crippen molar-refractivity contribution >= 4 is 48.5 Å². The number of halogens is 1. The third-order valence-corrected chi connectivity index (χ3v) is 5.67. The fraction of sp³-hybridized carbons (Fsp3) is 0.211. The van der Waals surface area contributed by atoms with Crippen molar-refractivity contribution in [1.82, 2.24) is 14.5 Å². The maximum absolute atomic E-state index is 13.1. The molecule has 0 fully saturated rings. The van der Waals surface area contributed by atoms with Gasteiger partial charge in [0.1, 0.15) is 5.75 Å². The predicted molar refractivity (Wildman–Crippen MR) is 111 cm³/mol. The number of aryl methyl sites for hydroxylation is 1. The Bertz CT molecular complexity index is 1090. The molecule has 0 aliphatic rings. The molecular formula is C19H17BrN4O3S. The minimum atomic E-state index is -0.220. The lowest BCUT2D eigenvalue weighted by Crippen LogP contribution is -2.32. The standard InChI is InChI=1S/C19H17BrN4O3S/c1-26-13-3-4-14-16(11-13)28-19(22-14)24(9-2-8-23-10-7-21-12-23)18(25)15-5-6-17(20)27-15/h3-7,10-12H,2,8-9H2,1H3. The summed E-state index contributed by atoms with van der Waals surface area (Å²) in [6.45, 7) is 1.26. The van der Waals surface area contributed by atoms with Gasteiger partial charge >= 0.3 is 0 Å². The highest BCUT2D eigenvalue weighted by Gasteiger charge is 2.23. The van der Waals surface area contributed by atoms with Crippen LogP contribution in [0, 0.1) is 0 Å². The highest BCUT2D eigenvalue weighted by Crippen LogP contribution is 2.32. The SMILES string of the molecule is COc1ccc2nc(N(CCCn3ccnc3)C(=O)c3ccc(Br)o3)sc2c1. The van der Waals surface area contributed by atoms with E-state index in [9.17, 15) is 4.79 Å². The molecule has 28 heavy (non-hydrogen) atoms. The van der Waals surface area contributed by atoms with Gasteiger partial charge in [0.15, 0.2) is 15.6 Å². The van der Waals surface area contributed by atoms with Crippen molar-refractivity contribution in [2.24, 2.45) is 0 Å². The normalized spacial score (nSPS) is 11.1. The highest BCUT2D eigenvalue weighted by atomic mass is 79.9. The van der Waals surface area contributed by atoms with E-state index in [1.807, 2.05) is 29.0 Å². The van der Waals surface area contributed by atoms with Gasteiger partial charge in [0.2, 0.25) is 0 Å². The molecule has 0 aliphatic heterocycles. The van der Waals surface area contributed by atoms with Crippen LogP contribution in [0.4, 0.5) is 5.13 Å². The number of benzene rings is 1. The van der Waals surface area contributed by atoms with Gasteiger partial charge in [-0.25, -0.2) is 9.97 Å². The Hall–Kier alpha value is -2.65. The van der Waals surface area contributed by atoms with E-state index in [-0.39, 0.29) is 11.7 Å². The summed E-state index contributed by atoms with van der Waals surface area (Å²) in [5.41, 5.74) is 0.828. The Labute approximate surface area is 173 Å². The summed E-state index contributed by atoms with van der Waals surface area (Å²) in [7, 11) is 1.63. The summed E-state index contributed by atoms with van der Waals surface area (Å²) in [6.07, 6.45) is 6.16. The number of thiazole rings is 1. The van der Waals surface area contributed by atoms with Crippen molar-refractivity contribution in [2.45, 2.75) is 13.0 Å². The molecule has 1 amide bonds. The number of furan rings is 1. The summed E-state index contributed by atoms with van der Waals surface area (Å²) < 4.78 is 14.2. The van der Waals surface area contributed by atoms with E-state index >= 15 is 0 Å². The van der Waals surface area contributed by atoms with Gasteiger partial charge in [-0.1, -0.05) is 11.3 Å². The molecule has 0 saturated heterocycles. The van der Waals surface area contributed by atoms with Crippen LogP contribution in [0.15, 0.2) is 58.1 Å². The molecule has 0 N–H and O–H groups in total. The number of aromatic nitrogens is 3. The average molecular weight is 461 g/mol. The quantitative estimate of drug-likeness (QED) is 0.403. The monoisotopic (exact) mass is 460 g/mol. The fourth-order valence-electron chi connectivity index (χ4n) is 2.81. The number of rotatable bonds is 7. The number of imidazole rings is 1. The number of fused-ring (bicyclic) bond motifs is 1. The van der Waals surface area contributed by atoms with Crippen LogP contribution in [0.3, 0.4) is 0 Å². The van der Waals surface area contributed by atoms with Crippen LogP contribution >= 0.6 is 27.3 Å². The zero-order valence-electron chi connectivity index (χ0n) is 15.0. The highest BCUT2D eigenvalue weighted by molar-refractivity contribution is 9.10. The number of amides is 1. The number of nitrogens with zero attached hydrogens (tertiary/aromatic N) is 4. The Morgan fingerprint density at radius 2 is 2.25 bits per heavy atom. The summed E-state index contributed by atoms with van der Waals surface area (Å²) >= 11 is 4.71. The second-order valence-electron chi connectivity index (χ2n) is 6.04. The van der Waals surface area contributed by atoms with Gasteiger partial charge < -0.3 is 13.7 Å². The van der Waals surface area contributed by atoms with Gasteiger partial charge in [-0.15, -0.1) is 0 Å². The van der Waals surface area contributed by atoms with Crippen LogP contribution in [-0.2, 0) is 6.54 Å².